The molecule has 4 rings (SSSR count). The minimum atomic E-state index is -0.738. The van der Waals surface area contributed by atoms with Crippen LogP contribution in [0.3, 0.4) is 0 Å². The van der Waals surface area contributed by atoms with Crippen LogP contribution < -0.4 is 0 Å². The molecule has 0 saturated heterocycles. The van der Waals surface area contributed by atoms with E-state index in [-0.39, 0.29) is 28.4 Å². The molecule has 0 spiro atoms. The van der Waals surface area contributed by atoms with Crippen LogP contribution in [0.1, 0.15) is 65.7 Å². The predicted molar refractivity (Wildman–Crippen MR) is 93.3 cm³/mol. The Morgan fingerprint density at radius 2 is 1.75 bits per heavy atom. The number of ketones is 1. The molecule has 4 unspecified atom stereocenters. The van der Waals surface area contributed by atoms with E-state index in [1.807, 2.05) is 0 Å². The van der Waals surface area contributed by atoms with E-state index in [9.17, 15) is 15.0 Å². The van der Waals surface area contributed by atoms with Crippen molar-refractivity contribution in [1.82, 2.24) is 0 Å². The SMILES string of the molecule is C/C=C1/CCC2C3C(CC[C@]12C)[C@@]1(C)CCC(=O)CC1[C@@H](O)[C@@H]3O. The summed E-state index contributed by atoms with van der Waals surface area (Å²) >= 11 is 0. The van der Waals surface area contributed by atoms with Crippen molar-refractivity contribution in [2.75, 3.05) is 0 Å². The number of hydrogen-bond donors (Lipinski definition) is 2. The molecule has 0 bridgehead atoms. The van der Waals surface area contributed by atoms with E-state index < -0.39 is 12.2 Å². The highest BCUT2D eigenvalue weighted by Crippen LogP contribution is 2.67. The maximum atomic E-state index is 12.0. The van der Waals surface area contributed by atoms with Crippen molar-refractivity contribution in [3.63, 3.8) is 0 Å². The molecule has 4 aliphatic rings. The van der Waals surface area contributed by atoms with Crippen LogP contribution >= 0.6 is 0 Å². The smallest absolute Gasteiger partial charge is 0.133 e. The third kappa shape index (κ3) is 2.00. The lowest BCUT2D eigenvalue weighted by atomic mass is 9.43. The molecule has 24 heavy (non-hydrogen) atoms. The molecule has 2 N–H and O–H groups in total. The zero-order chi connectivity index (χ0) is 17.3. The van der Waals surface area contributed by atoms with Gasteiger partial charge in [-0.3, -0.25) is 4.79 Å². The summed E-state index contributed by atoms with van der Waals surface area (Å²) in [5, 5.41) is 22.0. The number of carbonyl (C=O) groups excluding carboxylic acids is 1. The monoisotopic (exact) mass is 332 g/mol. The van der Waals surface area contributed by atoms with Gasteiger partial charge < -0.3 is 10.2 Å². The third-order valence-electron chi connectivity index (χ3n) is 8.77. The van der Waals surface area contributed by atoms with Gasteiger partial charge in [-0.2, -0.15) is 0 Å². The van der Waals surface area contributed by atoms with Crippen molar-refractivity contribution in [2.24, 2.45) is 34.5 Å². The standard InChI is InChI=1S/C21H32O3/c1-4-12-5-6-14-17-15(8-10-20(12,14)2)21(3)9-7-13(22)11-16(21)18(23)19(17)24/h4,14-19,23-24H,5-11H2,1-3H3/b12-4-/t14?,15?,16?,17?,18-,19-,20-,21-/m1/s1. The van der Waals surface area contributed by atoms with Gasteiger partial charge >= 0.3 is 0 Å². The first-order valence-electron chi connectivity index (χ1n) is 9.86. The fourth-order valence-electron chi connectivity index (χ4n) is 7.38. The minimum Gasteiger partial charge on any atom is -0.390 e. The molecule has 3 heteroatoms. The number of allylic oxidation sites excluding steroid dienone is 2. The van der Waals surface area contributed by atoms with Gasteiger partial charge in [0.2, 0.25) is 0 Å². The normalized spacial score (nSPS) is 55.9. The summed E-state index contributed by atoms with van der Waals surface area (Å²) in [5.74, 6) is 1.32. The average Bonchev–Trinajstić information content (AvgIpc) is 2.90. The number of aliphatic hydroxyl groups is 2. The number of carbonyl (C=O) groups is 1. The van der Waals surface area contributed by atoms with Crippen LogP contribution in [0.4, 0.5) is 0 Å². The maximum Gasteiger partial charge on any atom is 0.133 e. The van der Waals surface area contributed by atoms with Gasteiger partial charge in [0.25, 0.3) is 0 Å². The molecule has 0 heterocycles. The summed E-state index contributed by atoms with van der Waals surface area (Å²) in [4.78, 5) is 12.0. The molecule has 0 amide bonds. The van der Waals surface area contributed by atoms with Crippen molar-refractivity contribution in [3.8, 4) is 0 Å². The summed E-state index contributed by atoms with van der Waals surface area (Å²) in [7, 11) is 0. The summed E-state index contributed by atoms with van der Waals surface area (Å²) in [5.41, 5.74) is 1.76. The van der Waals surface area contributed by atoms with Crippen molar-refractivity contribution in [1.29, 1.82) is 0 Å². The molecule has 0 radical (unpaired) electrons. The Labute approximate surface area is 145 Å². The van der Waals surface area contributed by atoms with Crippen LogP contribution in [0.5, 0.6) is 0 Å². The Morgan fingerprint density at radius 3 is 2.46 bits per heavy atom. The number of rotatable bonds is 0. The van der Waals surface area contributed by atoms with Gasteiger partial charge in [-0.15, -0.1) is 0 Å². The van der Waals surface area contributed by atoms with Gasteiger partial charge in [0.15, 0.2) is 0 Å². The quantitative estimate of drug-likeness (QED) is 0.668. The Hall–Kier alpha value is -0.670. The summed E-state index contributed by atoms with van der Waals surface area (Å²) in [6, 6.07) is 0. The van der Waals surface area contributed by atoms with Crippen LogP contribution in [0.25, 0.3) is 0 Å². The van der Waals surface area contributed by atoms with Crippen LogP contribution in [0.15, 0.2) is 11.6 Å². The maximum absolute atomic E-state index is 12.0. The van der Waals surface area contributed by atoms with E-state index in [2.05, 4.69) is 26.8 Å². The highest BCUT2D eigenvalue weighted by Gasteiger charge is 2.64. The Balaban J connectivity index is 1.74. The second-order valence-corrected chi connectivity index (χ2v) is 9.44. The van der Waals surface area contributed by atoms with Gasteiger partial charge in [-0.1, -0.05) is 25.5 Å². The second kappa shape index (κ2) is 5.41. The zero-order valence-electron chi connectivity index (χ0n) is 15.3. The van der Waals surface area contributed by atoms with Gasteiger partial charge in [0.05, 0.1) is 12.2 Å². The second-order valence-electron chi connectivity index (χ2n) is 9.44. The fourth-order valence-corrected chi connectivity index (χ4v) is 7.38. The first-order valence-corrected chi connectivity index (χ1v) is 9.86. The minimum absolute atomic E-state index is 0.0111. The van der Waals surface area contributed by atoms with Gasteiger partial charge in [0, 0.05) is 12.8 Å². The topological polar surface area (TPSA) is 57.5 Å². The lowest BCUT2D eigenvalue weighted by Gasteiger charge is -2.62. The van der Waals surface area contributed by atoms with E-state index in [0.717, 1.165) is 25.7 Å². The van der Waals surface area contributed by atoms with Crippen LogP contribution in [-0.4, -0.2) is 28.2 Å². The highest BCUT2D eigenvalue weighted by atomic mass is 16.3. The Bertz CT molecular complexity index is 582. The molecule has 8 atom stereocenters. The Kier molecular flexibility index (Phi) is 3.78. The fraction of sp³-hybridized carbons (Fsp3) is 0.857. The Morgan fingerprint density at radius 1 is 1.00 bits per heavy atom. The molecule has 3 nitrogen and oxygen atoms in total. The number of aliphatic hydroxyl groups excluding tert-OH is 2. The van der Waals surface area contributed by atoms with Crippen molar-refractivity contribution < 1.29 is 15.0 Å². The number of fused-ring (bicyclic) bond motifs is 5. The van der Waals surface area contributed by atoms with E-state index in [1.54, 1.807) is 5.57 Å². The average molecular weight is 332 g/mol. The van der Waals surface area contributed by atoms with E-state index in [4.69, 9.17) is 0 Å². The highest BCUT2D eigenvalue weighted by molar-refractivity contribution is 5.79. The summed E-state index contributed by atoms with van der Waals surface area (Å²) < 4.78 is 0. The van der Waals surface area contributed by atoms with E-state index >= 15 is 0 Å². The van der Waals surface area contributed by atoms with E-state index in [0.29, 0.717) is 24.7 Å². The lowest BCUT2D eigenvalue weighted by Crippen LogP contribution is -2.63. The molecule has 0 aromatic carbocycles. The molecular formula is C21H32O3. The molecule has 4 aliphatic carbocycles. The van der Waals surface area contributed by atoms with Crippen molar-refractivity contribution >= 4 is 5.78 Å². The first kappa shape index (κ1) is 16.8. The van der Waals surface area contributed by atoms with Crippen LogP contribution in [-0.2, 0) is 4.79 Å². The number of Topliss-reactive ketones (excluding diaryl/α,β-unsaturated/α-hetero) is 1. The first-order chi connectivity index (χ1) is 11.3. The molecule has 4 saturated carbocycles. The molecule has 4 fully saturated rings. The predicted octanol–water partition coefficient (Wildman–Crippen LogP) is 3.49. The molecule has 134 valence electrons. The van der Waals surface area contributed by atoms with E-state index in [1.165, 1.54) is 6.42 Å². The summed E-state index contributed by atoms with van der Waals surface area (Å²) in [6.07, 6.45) is 7.48. The van der Waals surface area contributed by atoms with Crippen molar-refractivity contribution in [2.45, 2.75) is 77.9 Å². The van der Waals surface area contributed by atoms with Crippen LogP contribution in [0.2, 0.25) is 0 Å². The summed E-state index contributed by atoms with van der Waals surface area (Å²) in [6.45, 7) is 6.82. The lowest BCUT2D eigenvalue weighted by molar-refractivity contribution is -0.208. The van der Waals surface area contributed by atoms with Crippen molar-refractivity contribution in [3.05, 3.63) is 11.6 Å². The third-order valence-corrected chi connectivity index (χ3v) is 8.77. The van der Waals surface area contributed by atoms with Gasteiger partial charge in [-0.25, -0.2) is 0 Å². The largest absolute Gasteiger partial charge is 0.390 e. The zero-order valence-corrected chi connectivity index (χ0v) is 15.3. The van der Waals surface area contributed by atoms with Gasteiger partial charge in [0.1, 0.15) is 5.78 Å². The molecular weight excluding hydrogens is 300 g/mol. The van der Waals surface area contributed by atoms with Gasteiger partial charge in [-0.05, 0) is 73.5 Å². The molecule has 0 aromatic rings. The number of hydrogen-bond acceptors (Lipinski definition) is 3. The molecule has 0 aliphatic heterocycles. The molecule has 0 aromatic heterocycles. The van der Waals surface area contributed by atoms with Crippen LogP contribution in [0, 0.1) is 34.5 Å².